The van der Waals surface area contributed by atoms with Crippen LogP contribution in [-0.2, 0) is 0 Å². The lowest BCUT2D eigenvalue weighted by atomic mass is 10.2. The predicted octanol–water partition coefficient (Wildman–Crippen LogP) is 3.94. The fourth-order valence-corrected chi connectivity index (χ4v) is 2.30. The number of anilines is 3. The molecule has 1 heterocycles. The highest BCUT2D eigenvalue weighted by Gasteiger charge is 2.21. The molecule has 0 saturated carbocycles. The van der Waals surface area contributed by atoms with Gasteiger partial charge in [-0.05, 0) is 56.6 Å². The SMILES string of the molecule is N=C(c1nonc1Nc1ccccc1)N(O)c1ccc(F)c(Br)c1. The molecule has 2 aromatic carbocycles. The van der Waals surface area contributed by atoms with Gasteiger partial charge >= 0.3 is 0 Å². The van der Waals surface area contributed by atoms with Crippen LogP contribution in [0.2, 0.25) is 0 Å². The number of para-hydroxylation sites is 1. The zero-order valence-corrected chi connectivity index (χ0v) is 13.7. The molecule has 3 aromatic rings. The van der Waals surface area contributed by atoms with Crippen molar-refractivity contribution in [3.05, 3.63) is 64.5 Å². The Morgan fingerprint density at radius 3 is 2.67 bits per heavy atom. The largest absolute Gasteiger partial charge is 0.335 e. The minimum Gasteiger partial charge on any atom is -0.335 e. The molecule has 0 amide bonds. The number of hydrogen-bond acceptors (Lipinski definition) is 6. The molecule has 0 aliphatic carbocycles. The Balaban J connectivity index is 1.85. The van der Waals surface area contributed by atoms with Crippen molar-refractivity contribution in [3.8, 4) is 0 Å². The van der Waals surface area contributed by atoms with E-state index in [2.05, 4.69) is 36.2 Å². The van der Waals surface area contributed by atoms with Gasteiger partial charge in [0.1, 0.15) is 5.82 Å². The van der Waals surface area contributed by atoms with Crippen molar-refractivity contribution in [2.75, 3.05) is 10.4 Å². The molecular weight excluding hydrogens is 381 g/mol. The molecule has 7 nitrogen and oxygen atoms in total. The van der Waals surface area contributed by atoms with Crippen LogP contribution < -0.4 is 10.4 Å². The first-order valence-corrected chi connectivity index (χ1v) is 7.53. The molecule has 3 rings (SSSR count). The summed E-state index contributed by atoms with van der Waals surface area (Å²) in [5, 5.41) is 29.1. The van der Waals surface area contributed by atoms with Crippen molar-refractivity contribution >= 4 is 39.0 Å². The lowest BCUT2D eigenvalue weighted by molar-refractivity contribution is 0.300. The average molecular weight is 392 g/mol. The minimum atomic E-state index is -0.479. The Morgan fingerprint density at radius 2 is 1.96 bits per heavy atom. The van der Waals surface area contributed by atoms with Gasteiger partial charge in [0.05, 0.1) is 10.2 Å². The third-order valence-electron chi connectivity index (χ3n) is 3.11. The molecule has 0 aliphatic heterocycles. The van der Waals surface area contributed by atoms with Crippen LogP contribution in [0.15, 0.2) is 57.6 Å². The summed E-state index contributed by atoms with van der Waals surface area (Å²) in [6.07, 6.45) is 0. The fraction of sp³-hybridized carbons (Fsp3) is 0. The monoisotopic (exact) mass is 391 g/mol. The van der Waals surface area contributed by atoms with Gasteiger partial charge in [-0.3, -0.25) is 10.6 Å². The van der Waals surface area contributed by atoms with Crippen molar-refractivity contribution in [1.29, 1.82) is 5.41 Å². The van der Waals surface area contributed by atoms with E-state index >= 15 is 0 Å². The van der Waals surface area contributed by atoms with Gasteiger partial charge in [-0.2, -0.15) is 0 Å². The van der Waals surface area contributed by atoms with Gasteiger partial charge in [0.25, 0.3) is 0 Å². The Labute approximate surface area is 144 Å². The molecule has 9 heteroatoms. The first-order valence-electron chi connectivity index (χ1n) is 6.74. The summed E-state index contributed by atoms with van der Waals surface area (Å²) >= 11 is 3.03. The summed E-state index contributed by atoms with van der Waals surface area (Å²) in [5.74, 6) is -0.687. The van der Waals surface area contributed by atoms with E-state index in [1.54, 1.807) is 12.1 Å². The number of amidine groups is 1. The summed E-state index contributed by atoms with van der Waals surface area (Å²) in [6.45, 7) is 0. The number of hydrogen-bond donors (Lipinski definition) is 3. The van der Waals surface area contributed by atoms with E-state index in [0.29, 0.717) is 5.06 Å². The normalized spacial score (nSPS) is 10.5. The summed E-state index contributed by atoms with van der Waals surface area (Å²) in [4.78, 5) is 0. The van der Waals surface area contributed by atoms with Gasteiger partial charge < -0.3 is 5.32 Å². The average Bonchev–Trinajstić information content (AvgIpc) is 3.05. The topological polar surface area (TPSA) is 98.3 Å². The molecule has 0 fully saturated rings. The van der Waals surface area contributed by atoms with E-state index in [1.165, 1.54) is 18.2 Å². The van der Waals surface area contributed by atoms with Crippen LogP contribution in [0.3, 0.4) is 0 Å². The second-order valence-electron chi connectivity index (χ2n) is 4.71. The molecule has 0 aliphatic rings. The van der Waals surface area contributed by atoms with Crippen LogP contribution >= 0.6 is 15.9 Å². The molecule has 3 N–H and O–H groups in total. The number of benzene rings is 2. The highest BCUT2D eigenvalue weighted by Crippen LogP contribution is 2.25. The lowest BCUT2D eigenvalue weighted by Crippen LogP contribution is -2.28. The number of nitrogens with zero attached hydrogens (tertiary/aromatic N) is 3. The van der Waals surface area contributed by atoms with Gasteiger partial charge in [0.15, 0.2) is 11.5 Å². The summed E-state index contributed by atoms with van der Waals surface area (Å²) in [6, 6.07) is 12.9. The number of halogens is 2. The van der Waals surface area contributed by atoms with Crippen LogP contribution in [0, 0.1) is 11.2 Å². The molecule has 1 aromatic heterocycles. The second-order valence-corrected chi connectivity index (χ2v) is 5.57. The first-order chi connectivity index (χ1) is 11.6. The molecule has 0 atom stereocenters. The Morgan fingerprint density at radius 1 is 1.21 bits per heavy atom. The number of hydroxylamine groups is 1. The highest BCUT2D eigenvalue weighted by molar-refractivity contribution is 9.10. The van der Waals surface area contributed by atoms with E-state index in [1.807, 2.05) is 18.2 Å². The maximum Gasteiger partial charge on any atom is 0.206 e. The van der Waals surface area contributed by atoms with E-state index in [0.717, 1.165) is 5.69 Å². The summed E-state index contributed by atoms with van der Waals surface area (Å²) in [7, 11) is 0. The van der Waals surface area contributed by atoms with Crippen LogP contribution in [0.25, 0.3) is 0 Å². The molecular formula is C15H11BrFN5O2. The zero-order chi connectivity index (χ0) is 17.1. The van der Waals surface area contributed by atoms with Crippen molar-refractivity contribution in [2.45, 2.75) is 0 Å². The molecule has 0 spiro atoms. The third kappa shape index (κ3) is 3.26. The van der Waals surface area contributed by atoms with Crippen molar-refractivity contribution < 1.29 is 14.2 Å². The molecule has 0 unspecified atom stereocenters. The van der Waals surface area contributed by atoms with Crippen molar-refractivity contribution in [1.82, 2.24) is 10.3 Å². The second kappa shape index (κ2) is 6.77. The van der Waals surface area contributed by atoms with Crippen LogP contribution in [-0.4, -0.2) is 21.4 Å². The van der Waals surface area contributed by atoms with Crippen LogP contribution in [0.5, 0.6) is 0 Å². The van der Waals surface area contributed by atoms with Gasteiger partial charge in [0.2, 0.25) is 5.82 Å². The molecule has 24 heavy (non-hydrogen) atoms. The standard InChI is InChI=1S/C15H11BrFN5O2/c16-11-8-10(6-7-12(11)17)22(23)14(18)13-15(21-24-20-13)19-9-4-2-1-3-5-9/h1-8,18,23H,(H,19,21). The molecule has 122 valence electrons. The van der Waals surface area contributed by atoms with E-state index in [9.17, 15) is 9.60 Å². The predicted molar refractivity (Wildman–Crippen MR) is 89.2 cm³/mol. The Hall–Kier alpha value is -2.78. The number of aromatic nitrogens is 2. The van der Waals surface area contributed by atoms with E-state index in [4.69, 9.17) is 5.41 Å². The number of nitrogens with one attached hydrogen (secondary N) is 2. The Bertz CT molecular complexity index is 871. The molecule has 0 bridgehead atoms. The van der Waals surface area contributed by atoms with E-state index < -0.39 is 5.82 Å². The van der Waals surface area contributed by atoms with Gasteiger partial charge in [0, 0.05) is 5.69 Å². The fourth-order valence-electron chi connectivity index (χ4n) is 1.93. The summed E-state index contributed by atoms with van der Waals surface area (Å²) in [5.41, 5.74) is 0.903. The van der Waals surface area contributed by atoms with Gasteiger partial charge in [-0.25, -0.2) is 14.1 Å². The van der Waals surface area contributed by atoms with Crippen LogP contribution in [0.1, 0.15) is 5.69 Å². The Kier molecular flexibility index (Phi) is 4.54. The zero-order valence-electron chi connectivity index (χ0n) is 12.1. The lowest BCUT2D eigenvalue weighted by Gasteiger charge is -2.16. The smallest absolute Gasteiger partial charge is 0.206 e. The van der Waals surface area contributed by atoms with Crippen molar-refractivity contribution in [2.24, 2.45) is 0 Å². The highest BCUT2D eigenvalue weighted by atomic mass is 79.9. The molecule has 0 saturated heterocycles. The van der Waals surface area contributed by atoms with Gasteiger partial charge in [-0.15, -0.1) is 0 Å². The summed E-state index contributed by atoms with van der Waals surface area (Å²) < 4.78 is 18.1. The van der Waals surface area contributed by atoms with Crippen LogP contribution in [0.4, 0.5) is 21.6 Å². The maximum absolute atomic E-state index is 13.3. The van der Waals surface area contributed by atoms with Crippen molar-refractivity contribution in [3.63, 3.8) is 0 Å². The number of rotatable bonds is 4. The third-order valence-corrected chi connectivity index (χ3v) is 3.72. The first kappa shape index (κ1) is 16.1. The maximum atomic E-state index is 13.3. The molecule has 0 radical (unpaired) electrons. The minimum absolute atomic E-state index is 0.00167. The van der Waals surface area contributed by atoms with E-state index in [-0.39, 0.29) is 27.5 Å². The van der Waals surface area contributed by atoms with Gasteiger partial charge in [-0.1, -0.05) is 18.2 Å². The quantitative estimate of drug-likeness (QED) is 0.354.